The molecule has 9 nitrogen and oxygen atoms in total. The molecule has 3 aromatic rings. The maximum absolute atomic E-state index is 13.9. The Morgan fingerprint density at radius 3 is 2.39 bits per heavy atom. The third kappa shape index (κ3) is 2.74. The van der Waals surface area contributed by atoms with Crippen molar-refractivity contribution >= 4 is 22.3 Å². The first-order chi connectivity index (χ1) is 17.0. The molecule has 3 aliphatic rings. The lowest BCUT2D eigenvalue weighted by Gasteiger charge is -2.53. The number of fused-ring (bicyclic) bond motifs is 8. The second-order valence-electron chi connectivity index (χ2n) is 10.2. The first-order valence-electron chi connectivity index (χ1n) is 11.6. The van der Waals surface area contributed by atoms with E-state index in [0.29, 0.717) is 10.8 Å². The molecular weight excluding hydrogens is 466 g/mol. The molecule has 2 aliphatic heterocycles. The zero-order valence-electron chi connectivity index (χ0n) is 20.1. The molecule has 5 atom stereocenters. The summed E-state index contributed by atoms with van der Waals surface area (Å²) in [6, 6.07) is 7.29. The molecule has 0 aromatic heterocycles. The van der Waals surface area contributed by atoms with Crippen LogP contribution in [-0.4, -0.2) is 75.5 Å². The molecule has 3 aromatic carbocycles. The predicted molar refractivity (Wildman–Crippen MR) is 128 cm³/mol. The van der Waals surface area contributed by atoms with E-state index >= 15 is 0 Å². The minimum absolute atomic E-state index is 0.0198. The molecule has 6 rings (SSSR count). The van der Waals surface area contributed by atoms with Gasteiger partial charge in [0.25, 0.3) is 0 Å². The van der Waals surface area contributed by atoms with Gasteiger partial charge >= 0.3 is 0 Å². The Hall–Kier alpha value is -3.50. The van der Waals surface area contributed by atoms with Crippen molar-refractivity contribution in [2.24, 2.45) is 0 Å². The normalized spacial score (nSPS) is 28.5. The van der Waals surface area contributed by atoms with E-state index in [1.54, 1.807) is 50.2 Å². The van der Waals surface area contributed by atoms with Crippen LogP contribution in [0.1, 0.15) is 49.9 Å². The molecule has 4 N–H and O–H groups in total. The van der Waals surface area contributed by atoms with Gasteiger partial charge in [0.15, 0.2) is 5.78 Å². The number of benzene rings is 3. The summed E-state index contributed by atoms with van der Waals surface area (Å²) in [5.74, 6) is -2.22. The molecule has 0 amide bonds. The molecule has 0 spiro atoms. The second kappa shape index (κ2) is 7.27. The maximum Gasteiger partial charge on any atom is 0.228 e. The topological polar surface area (TPSA) is 137 Å². The van der Waals surface area contributed by atoms with Gasteiger partial charge in [-0.05, 0) is 45.5 Å². The number of phenols is 2. The van der Waals surface area contributed by atoms with Gasteiger partial charge in [-0.1, -0.05) is 23.8 Å². The molecule has 9 heteroatoms. The zero-order valence-corrected chi connectivity index (χ0v) is 20.1. The van der Waals surface area contributed by atoms with Crippen LogP contribution in [0.2, 0.25) is 0 Å². The Morgan fingerprint density at radius 2 is 1.69 bits per heavy atom. The molecule has 1 saturated heterocycles. The lowest BCUT2D eigenvalue weighted by molar-refractivity contribution is -0.311. The highest BCUT2D eigenvalue weighted by atomic mass is 16.7. The van der Waals surface area contributed by atoms with Crippen molar-refractivity contribution in [3.63, 3.8) is 0 Å². The highest BCUT2D eigenvalue weighted by Gasteiger charge is 2.59. The summed E-state index contributed by atoms with van der Waals surface area (Å²) >= 11 is 0. The van der Waals surface area contributed by atoms with Gasteiger partial charge in [0.05, 0.1) is 22.7 Å². The summed E-state index contributed by atoms with van der Waals surface area (Å²) in [7, 11) is 3.40. The van der Waals surface area contributed by atoms with Gasteiger partial charge in [0, 0.05) is 16.5 Å². The number of hydrogen-bond donors (Lipinski definition) is 4. The number of rotatable bonds is 1. The first-order valence-corrected chi connectivity index (χ1v) is 11.6. The Balaban J connectivity index is 1.62. The van der Waals surface area contributed by atoms with Crippen molar-refractivity contribution < 1.29 is 39.5 Å². The summed E-state index contributed by atoms with van der Waals surface area (Å²) in [5, 5.41) is 45.1. The van der Waals surface area contributed by atoms with Crippen molar-refractivity contribution in [3.05, 3.63) is 63.7 Å². The number of aryl methyl sites for hydroxylation is 1. The lowest BCUT2D eigenvalue weighted by atomic mass is 9.74. The quantitative estimate of drug-likeness (QED) is 0.315. The number of aliphatic hydroxyl groups is 2. The van der Waals surface area contributed by atoms with Gasteiger partial charge in [-0.15, -0.1) is 0 Å². The monoisotopic (exact) mass is 491 g/mol. The van der Waals surface area contributed by atoms with Gasteiger partial charge in [0.1, 0.15) is 35.1 Å². The molecule has 36 heavy (non-hydrogen) atoms. The number of ether oxygens (including phenoxy) is 2. The number of nitrogens with zero attached hydrogens (tertiary/aromatic N) is 1. The third-order valence-corrected chi connectivity index (χ3v) is 7.70. The molecule has 1 aliphatic carbocycles. The molecule has 0 radical (unpaired) electrons. The van der Waals surface area contributed by atoms with E-state index < -0.39 is 47.5 Å². The highest BCUT2D eigenvalue weighted by molar-refractivity contribution is 6.32. The number of likely N-dealkylation sites (N-methyl/N-ethyl adjacent to an activating group) is 1. The van der Waals surface area contributed by atoms with E-state index in [2.05, 4.69) is 0 Å². The first kappa shape index (κ1) is 22.9. The maximum atomic E-state index is 13.9. The van der Waals surface area contributed by atoms with Gasteiger partial charge in [-0.25, -0.2) is 0 Å². The molecule has 0 unspecified atom stereocenters. The van der Waals surface area contributed by atoms with Crippen molar-refractivity contribution in [2.45, 2.75) is 44.0 Å². The summed E-state index contributed by atoms with van der Waals surface area (Å²) in [5.41, 5.74) is -1.05. The van der Waals surface area contributed by atoms with E-state index in [9.17, 15) is 30.0 Å². The Bertz CT molecular complexity index is 1510. The van der Waals surface area contributed by atoms with E-state index in [0.717, 1.165) is 5.56 Å². The van der Waals surface area contributed by atoms with Gasteiger partial charge in [0.2, 0.25) is 12.1 Å². The molecule has 186 valence electrons. The molecule has 2 bridgehead atoms. The van der Waals surface area contributed by atoms with Gasteiger partial charge in [-0.2, -0.15) is 0 Å². The Labute approximate surface area is 206 Å². The molecule has 1 fully saturated rings. The molecule has 2 heterocycles. The van der Waals surface area contributed by atoms with E-state index in [-0.39, 0.29) is 39.3 Å². The van der Waals surface area contributed by atoms with Crippen molar-refractivity contribution in [1.29, 1.82) is 0 Å². The minimum Gasteiger partial charge on any atom is -0.507 e. The van der Waals surface area contributed by atoms with Crippen molar-refractivity contribution in [1.82, 2.24) is 4.90 Å². The van der Waals surface area contributed by atoms with Crippen molar-refractivity contribution in [2.75, 3.05) is 14.1 Å². The van der Waals surface area contributed by atoms with Crippen LogP contribution in [0, 0.1) is 6.92 Å². The zero-order chi connectivity index (χ0) is 25.8. The van der Waals surface area contributed by atoms with E-state index in [4.69, 9.17) is 9.47 Å². The number of carbonyl (C=O) groups is 2. The van der Waals surface area contributed by atoms with Crippen LogP contribution in [0.15, 0.2) is 30.3 Å². The van der Waals surface area contributed by atoms with Crippen molar-refractivity contribution in [3.8, 4) is 17.2 Å². The number of aliphatic hydroxyl groups excluding tert-OH is 2. The lowest BCUT2D eigenvalue weighted by Crippen LogP contribution is -2.68. The number of ketones is 2. The smallest absolute Gasteiger partial charge is 0.228 e. The molecule has 0 saturated carbocycles. The average molecular weight is 491 g/mol. The minimum atomic E-state index is -1.45. The van der Waals surface area contributed by atoms with Crippen LogP contribution in [0.5, 0.6) is 17.2 Å². The van der Waals surface area contributed by atoms with Crippen LogP contribution >= 0.6 is 0 Å². The fourth-order valence-corrected chi connectivity index (χ4v) is 5.84. The Morgan fingerprint density at radius 1 is 0.972 bits per heavy atom. The largest absolute Gasteiger partial charge is 0.507 e. The van der Waals surface area contributed by atoms with Crippen LogP contribution in [-0.2, 0) is 10.3 Å². The van der Waals surface area contributed by atoms with Crippen LogP contribution in [0.4, 0.5) is 0 Å². The number of phenolic OH excluding ortho intramolecular Hbond substituents is 2. The SMILES string of the molecule is Cc1ccc2c(O)c3c(cc2c1)C(=O)c1c2c(cc(O)c1C3=O)[C@]1(C)O[C@H](O2)[C@@H](O)[C@H](N(C)C)[C@H]1O. The van der Waals surface area contributed by atoms with E-state index in [1.807, 2.05) is 6.92 Å². The number of aromatic hydroxyl groups is 2. The fourth-order valence-electron chi connectivity index (χ4n) is 5.84. The summed E-state index contributed by atoms with van der Waals surface area (Å²) in [6.07, 6.45) is -3.75. The van der Waals surface area contributed by atoms with E-state index in [1.165, 1.54) is 6.07 Å². The fraction of sp³-hybridized carbons (Fsp3) is 0.333. The number of carbonyl (C=O) groups excluding carboxylic acids is 2. The second-order valence-corrected chi connectivity index (χ2v) is 10.2. The third-order valence-electron chi connectivity index (χ3n) is 7.70. The van der Waals surface area contributed by atoms with Crippen LogP contribution < -0.4 is 4.74 Å². The van der Waals surface area contributed by atoms with Crippen LogP contribution in [0.25, 0.3) is 10.8 Å². The summed E-state index contributed by atoms with van der Waals surface area (Å²) in [6.45, 7) is 3.46. The number of hydrogen-bond acceptors (Lipinski definition) is 9. The van der Waals surface area contributed by atoms with Gasteiger partial charge in [-0.3, -0.25) is 9.59 Å². The van der Waals surface area contributed by atoms with Gasteiger partial charge < -0.3 is 34.8 Å². The molecular formula is C27H25NO8. The Kier molecular flexibility index (Phi) is 4.63. The van der Waals surface area contributed by atoms with Crippen LogP contribution in [0.3, 0.4) is 0 Å². The summed E-state index contributed by atoms with van der Waals surface area (Å²) < 4.78 is 11.9. The standard InChI is InChI=1S/C27H25NO8/c1-10-5-6-12-11(7-10)8-13-16(20(12)30)22(32)17-15(29)9-14-24(18(17)21(13)31)35-26-23(33)19(28(3)4)25(34)27(14,2)36-26/h5-9,19,23,25-26,29-30,33-34H,1-4H3/t19-,23-,25+,26-,27-/m0/s1. The predicted octanol–water partition coefficient (Wildman–Crippen LogP) is 1.95. The average Bonchev–Trinajstić information content (AvgIpc) is 2.81. The highest BCUT2D eigenvalue weighted by Crippen LogP contribution is 2.53. The summed E-state index contributed by atoms with van der Waals surface area (Å²) in [4.78, 5) is 29.2.